The van der Waals surface area contributed by atoms with E-state index in [4.69, 9.17) is 0 Å². The number of hydrogen-bond donors (Lipinski definition) is 1. The lowest BCUT2D eigenvalue weighted by atomic mass is 10.0. The Balaban J connectivity index is 2.01. The van der Waals surface area contributed by atoms with Crippen LogP contribution in [0.5, 0.6) is 0 Å². The van der Waals surface area contributed by atoms with E-state index >= 15 is 0 Å². The standard InChI is InChI=1S/C16H20BrNS/c1-2-9-18-14(11-13-6-4-3-5-7-13)12-16-15(17)8-10-19-16/h3-8,10,14,18H,2,9,11-12H2,1H3. The van der Waals surface area contributed by atoms with Gasteiger partial charge in [0.2, 0.25) is 0 Å². The van der Waals surface area contributed by atoms with E-state index in [-0.39, 0.29) is 0 Å². The summed E-state index contributed by atoms with van der Waals surface area (Å²) in [5.74, 6) is 0. The first-order valence-corrected chi connectivity index (χ1v) is 8.46. The van der Waals surface area contributed by atoms with Gasteiger partial charge in [-0.05, 0) is 58.7 Å². The minimum Gasteiger partial charge on any atom is -0.313 e. The van der Waals surface area contributed by atoms with E-state index in [2.05, 4.69) is 69.9 Å². The molecule has 0 spiro atoms. The molecule has 0 saturated carbocycles. The Morgan fingerprint density at radius 2 is 1.95 bits per heavy atom. The molecule has 0 aliphatic rings. The third kappa shape index (κ3) is 4.75. The molecule has 2 aromatic rings. The molecule has 1 unspecified atom stereocenters. The first-order chi connectivity index (χ1) is 9.29. The van der Waals surface area contributed by atoms with Gasteiger partial charge < -0.3 is 5.32 Å². The van der Waals surface area contributed by atoms with Crippen LogP contribution in [0.15, 0.2) is 46.3 Å². The number of hydrogen-bond acceptors (Lipinski definition) is 2. The Labute approximate surface area is 128 Å². The lowest BCUT2D eigenvalue weighted by molar-refractivity contribution is 0.507. The van der Waals surface area contributed by atoms with Crippen LogP contribution in [-0.2, 0) is 12.8 Å². The zero-order valence-electron chi connectivity index (χ0n) is 11.2. The van der Waals surface area contributed by atoms with Gasteiger partial charge in [0.15, 0.2) is 0 Å². The summed E-state index contributed by atoms with van der Waals surface area (Å²) < 4.78 is 1.24. The molecule has 0 saturated heterocycles. The monoisotopic (exact) mass is 337 g/mol. The van der Waals surface area contributed by atoms with E-state index in [1.54, 1.807) is 0 Å². The van der Waals surface area contributed by atoms with Crippen LogP contribution in [0.25, 0.3) is 0 Å². The second kappa shape index (κ2) is 7.83. The lowest BCUT2D eigenvalue weighted by Gasteiger charge is -2.18. The second-order valence-corrected chi connectivity index (χ2v) is 6.59. The summed E-state index contributed by atoms with van der Waals surface area (Å²) in [5.41, 5.74) is 1.41. The maximum atomic E-state index is 3.67. The molecular weight excluding hydrogens is 318 g/mol. The van der Waals surface area contributed by atoms with Crippen LogP contribution in [0.4, 0.5) is 0 Å². The Hall–Kier alpha value is -0.640. The zero-order valence-corrected chi connectivity index (χ0v) is 13.6. The Morgan fingerprint density at radius 3 is 2.58 bits per heavy atom. The summed E-state index contributed by atoms with van der Waals surface area (Å²) in [6.07, 6.45) is 3.36. The van der Waals surface area contributed by atoms with Gasteiger partial charge in [-0.25, -0.2) is 0 Å². The number of thiophene rings is 1. The third-order valence-corrected chi connectivity index (χ3v) is 5.08. The number of benzene rings is 1. The molecule has 1 N–H and O–H groups in total. The molecule has 1 nitrogen and oxygen atoms in total. The van der Waals surface area contributed by atoms with Gasteiger partial charge in [-0.15, -0.1) is 11.3 Å². The van der Waals surface area contributed by atoms with Crippen molar-refractivity contribution in [3.8, 4) is 0 Å². The van der Waals surface area contributed by atoms with Crippen LogP contribution in [0.3, 0.4) is 0 Å². The van der Waals surface area contributed by atoms with Gasteiger partial charge in [0, 0.05) is 15.4 Å². The van der Waals surface area contributed by atoms with Crippen molar-refractivity contribution in [1.82, 2.24) is 5.32 Å². The largest absolute Gasteiger partial charge is 0.313 e. The lowest BCUT2D eigenvalue weighted by Crippen LogP contribution is -2.33. The summed E-state index contributed by atoms with van der Waals surface area (Å²) >= 11 is 5.47. The van der Waals surface area contributed by atoms with Gasteiger partial charge in [0.25, 0.3) is 0 Å². The Kier molecular flexibility index (Phi) is 6.08. The average molecular weight is 338 g/mol. The Bertz CT molecular complexity index is 481. The maximum Gasteiger partial charge on any atom is 0.0314 e. The summed E-state index contributed by atoms with van der Waals surface area (Å²) in [5, 5.41) is 5.82. The summed E-state index contributed by atoms with van der Waals surface area (Å²) in [6, 6.07) is 13.4. The molecule has 0 radical (unpaired) electrons. The molecule has 3 heteroatoms. The van der Waals surface area contributed by atoms with Crippen molar-refractivity contribution in [2.24, 2.45) is 0 Å². The molecule has 1 atom stereocenters. The Morgan fingerprint density at radius 1 is 1.16 bits per heavy atom. The predicted octanol–water partition coefficient (Wildman–Crippen LogP) is 4.66. The molecule has 0 aliphatic heterocycles. The van der Waals surface area contributed by atoms with Crippen molar-refractivity contribution in [2.45, 2.75) is 32.2 Å². The van der Waals surface area contributed by atoms with Crippen molar-refractivity contribution in [3.63, 3.8) is 0 Å². The van der Waals surface area contributed by atoms with Crippen molar-refractivity contribution >= 4 is 27.3 Å². The molecule has 1 heterocycles. The fourth-order valence-electron chi connectivity index (χ4n) is 2.16. The highest BCUT2D eigenvalue weighted by atomic mass is 79.9. The molecule has 1 aromatic heterocycles. The molecule has 2 rings (SSSR count). The zero-order chi connectivity index (χ0) is 13.5. The topological polar surface area (TPSA) is 12.0 Å². The number of rotatable bonds is 7. The second-order valence-electron chi connectivity index (χ2n) is 4.74. The minimum absolute atomic E-state index is 0.511. The van der Waals surface area contributed by atoms with Crippen molar-refractivity contribution in [1.29, 1.82) is 0 Å². The van der Waals surface area contributed by atoms with E-state index in [1.165, 1.54) is 21.3 Å². The molecular formula is C16H20BrNS. The van der Waals surface area contributed by atoms with Gasteiger partial charge in [0.1, 0.15) is 0 Å². The number of halogens is 1. The summed E-state index contributed by atoms with van der Waals surface area (Å²) in [4.78, 5) is 1.43. The van der Waals surface area contributed by atoms with Gasteiger partial charge in [0.05, 0.1) is 0 Å². The molecule has 102 valence electrons. The summed E-state index contributed by atoms with van der Waals surface area (Å²) in [6.45, 7) is 3.30. The van der Waals surface area contributed by atoms with Crippen LogP contribution in [0.1, 0.15) is 23.8 Å². The molecule has 0 aliphatic carbocycles. The van der Waals surface area contributed by atoms with Crippen LogP contribution >= 0.6 is 27.3 Å². The fourth-order valence-corrected chi connectivity index (χ4v) is 3.75. The maximum absolute atomic E-state index is 3.67. The molecule has 19 heavy (non-hydrogen) atoms. The first-order valence-electron chi connectivity index (χ1n) is 6.78. The van der Waals surface area contributed by atoms with E-state index in [0.717, 1.165) is 19.4 Å². The van der Waals surface area contributed by atoms with E-state index in [0.29, 0.717) is 6.04 Å². The van der Waals surface area contributed by atoms with Crippen LogP contribution in [0.2, 0.25) is 0 Å². The van der Waals surface area contributed by atoms with Gasteiger partial charge >= 0.3 is 0 Å². The number of nitrogens with one attached hydrogen (secondary N) is 1. The van der Waals surface area contributed by atoms with Crippen molar-refractivity contribution in [3.05, 3.63) is 56.7 Å². The average Bonchev–Trinajstić information content (AvgIpc) is 2.83. The summed E-state index contributed by atoms with van der Waals surface area (Å²) in [7, 11) is 0. The fraction of sp³-hybridized carbons (Fsp3) is 0.375. The highest BCUT2D eigenvalue weighted by Crippen LogP contribution is 2.24. The molecule has 0 fully saturated rings. The van der Waals surface area contributed by atoms with Crippen LogP contribution in [0, 0.1) is 0 Å². The van der Waals surface area contributed by atoms with Crippen LogP contribution in [-0.4, -0.2) is 12.6 Å². The first kappa shape index (κ1) is 14.8. The van der Waals surface area contributed by atoms with E-state index in [9.17, 15) is 0 Å². The normalized spacial score (nSPS) is 12.5. The minimum atomic E-state index is 0.511. The van der Waals surface area contributed by atoms with E-state index in [1.807, 2.05) is 11.3 Å². The van der Waals surface area contributed by atoms with Crippen molar-refractivity contribution < 1.29 is 0 Å². The van der Waals surface area contributed by atoms with Gasteiger partial charge in [-0.1, -0.05) is 37.3 Å². The third-order valence-electron chi connectivity index (χ3n) is 3.13. The molecule has 1 aromatic carbocycles. The molecule has 0 bridgehead atoms. The molecule has 0 amide bonds. The SMILES string of the molecule is CCCNC(Cc1ccccc1)Cc1sccc1Br. The highest BCUT2D eigenvalue weighted by Gasteiger charge is 2.12. The van der Waals surface area contributed by atoms with Gasteiger partial charge in [-0.3, -0.25) is 0 Å². The van der Waals surface area contributed by atoms with Crippen LogP contribution < -0.4 is 5.32 Å². The predicted molar refractivity (Wildman–Crippen MR) is 88.0 cm³/mol. The van der Waals surface area contributed by atoms with Crippen molar-refractivity contribution in [2.75, 3.05) is 6.54 Å². The highest BCUT2D eigenvalue weighted by molar-refractivity contribution is 9.10. The van der Waals surface area contributed by atoms with E-state index < -0.39 is 0 Å². The van der Waals surface area contributed by atoms with Gasteiger partial charge in [-0.2, -0.15) is 0 Å². The smallest absolute Gasteiger partial charge is 0.0314 e. The quantitative estimate of drug-likeness (QED) is 0.774.